The average molecular weight is 1860 g/mol. The van der Waals surface area contributed by atoms with Crippen LogP contribution in [-0.4, -0.2) is 83.9 Å². The molecule has 3 radical (unpaired) electrons. The summed E-state index contributed by atoms with van der Waals surface area (Å²) in [6, 6.07) is 98.7. The van der Waals surface area contributed by atoms with E-state index in [0.717, 1.165) is 145 Å². The molecule has 3 unspecified atom stereocenters. The van der Waals surface area contributed by atoms with E-state index in [0.29, 0.717) is 34.7 Å². The molecule has 617 valence electrons. The Bertz CT molecular complexity index is 5490. The van der Waals surface area contributed by atoms with Crippen molar-refractivity contribution in [3.05, 3.63) is 405 Å². The Labute approximate surface area is 758 Å². The maximum absolute atomic E-state index is 11.4. The topological polar surface area (TPSA) is 201 Å². The summed E-state index contributed by atoms with van der Waals surface area (Å²) in [5.41, 5.74) is 26.1. The SMILES string of the molecule is CPc1ccccc1-c1cccc(C(C)c2cccc(C)n2)n1.C[N-]c1ccccc1-c1cccc(C(C)c2cccc(C)n2)n1.Cc1cccc(Cc2cccc(-c3ccccc3C(=O)O)n2)n1.Cc1cccc(Cc2cccc(-c3ccccc3C(=S)[S-])n2)n1.Cc1cccc(Cc2cccc(-c3ccccc3O)n2)n1.[Cu+].[Cu+].[Cu].[Cu].[Cu]. The summed E-state index contributed by atoms with van der Waals surface area (Å²) in [4.78, 5) is 57.9. The van der Waals surface area contributed by atoms with E-state index in [1.165, 1.54) is 10.9 Å². The molecule has 3 atom stereocenters. The summed E-state index contributed by atoms with van der Waals surface area (Å²) in [7, 11) is 2.57. The zero-order valence-electron chi connectivity index (χ0n) is 66.2. The van der Waals surface area contributed by atoms with Crippen molar-refractivity contribution in [3.63, 3.8) is 0 Å². The molecular formula is C96H88Cu5N11O3PS2. The fourth-order valence-corrected chi connectivity index (χ4v) is 13.8. The first-order chi connectivity index (χ1) is 54.9. The minimum Gasteiger partial charge on any atom is -0.686 e. The molecule has 0 amide bonds. The van der Waals surface area contributed by atoms with Crippen molar-refractivity contribution in [2.24, 2.45) is 0 Å². The van der Waals surface area contributed by atoms with Crippen LogP contribution in [0.15, 0.2) is 303 Å². The molecule has 0 aliphatic rings. The minimum absolute atomic E-state index is 0. The fourth-order valence-electron chi connectivity index (χ4n) is 12.7. The van der Waals surface area contributed by atoms with Gasteiger partial charge in [-0.1, -0.05) is 186 Å². The zero-order chi connectivity index (χ0) is 79.6. The van der Waals surface area contributed by atoms with Crippen molar-refractivity contribution in [2.75, 3.05) is 13.7 Å². The van der Waals surface area contributed by atoms with E-state index in [-0.39, 0.29) is 108 Å². The molecule has 118 heavy (non-hydrogen) atoms. The molecular weight excluding hydrogens is 1770 g/mol. The molecule has 0 aliphatic heterocycles. The molecule has 0 aliphatic carbocycles. The maximum atomic E-state index is 11.4. The van der Waals surface area contributed by atoms with Gasteiger partial charge in [0.25, 0.3) is 0 Å². The monoisotopic (exact) mass is 1850 g/mol. The Morgan fingerprint density at radius 1 is 0.356 bits per heavy atom. The number of carboxylic acids is 1. The molecule has 5 aromatic carbocycles. The van der Waals surface area contributed by atoms with Crippen molar-refractivity contribution in [1.82, 2.24) is 49.8 Å². The van der Waals surface area contributed by atoms with Crippen LogP contribution in [0, 0.1) is 34.6 Å². The van der Waals surface area contributed by atoms with Crippen LogP contribution in [0.5, 0.6) is 5.75 Å². The maximum Gasteiger partial charge on any atom is 1.00 e. The predicted molar refractivity (Wildman–Crippen MR) is 467 cm³/mol. The first-order valence-electron chi connectivity index (χ1n) is 37.2. The van der Waals surface area contributed by atoms with E-state index >= 15 is 0 Å². The number of phenolic OH excluding ortho intramolecular Hbond substituents is 1. The second kappa shape index (κ2) is 48.8. The van der Waals surface area contributed by atoms with Gasteiger partial charge in [-0.15, -0.1) is 16.9 Å². The molecule has 10 aromatic heterocycles. The average Bonchev–Trinajstić information content (AvgIpc) is 0.829. The van der Waals surface area contributed by atoms with Crippen LogP contribution in [0.1, 0.15) is 127 Å². The van der Waals surface area contributed by atoms with E-state index in [4.69, 9.17) is 39.8 Å². The van der Waals surface area contributed by atoms with Gasteiger partial charge in [-0.3, -0.25) is 49.8 Å². The molecule has 15 rings (SSSR count). The largest absolute Gasteiger partial charge is 1.00 e. The van der Waals surface area contributed by atoms with Gasteiger partial charge < -0.3 is 40.4 Å². The summed E-state index contributed by atoms with van der Waals surface area (Å²) in [5.74, 6) is -0.365. The molecule has 0 saturated carbocycles. The second-order valence-corrected chi connectivity index (χ2v) is 29.0. The predicted octanol–water partition coefficient (Wildman–Crippen LogP) is 21.5. The number of aryl methyl sites for hydroxylation is 5. The summed E-state index contributed by atoms with van der Waals surface area (Å²) in [6.07, 6.45) is 2.00. The third kappa shape index (κ3) is 27.8. The number of thiocarbonyl (C=S) groups is 1. The van der Waals surface area contributed by atoms with Crippen LogP contribution in [0.25, 0.3) is 61.6 Å². The van der Waals surface area contributed by atoms with E-state index in [2.05, 4.69) is 140 Å². The number of carboxylic acid groups (broad SMARTS) is 1. The van der Waals surface area contributed by atoms with Gasteiger partial charge in [-0.05, 0) is 197 Å². The van der Waals surface area contributed by atoms with Crippen molar-refractivity contribution in [1.29, 1.82) is 0 Å². The Hall–Kier alpha value is -9.99. The summed E-state index contributed by atoms with van der Waals surface area (Å²) >= 11 is 10.4. The van der Waals surface area contributed by atoms with Crippen LogP contribution >= 0.6 is 20.8 Å². The smallest absolute Gasteiger partial charge is 0.686 e. The molecule has 14 nitrogen and oxygen atoms in total. The third-order valence-corrected chi connectivity index (χ3v) is 19.8. The number of hydrogen-bond donors (Lipinski definition) is 2. The van der Waals surface area contributed by atoms with Gasteiger partial charge in [-0.2, -0.15) is 0 Å². The number of rotatable bonds is 19. The fraction of sp³-hybridized carbons (Fsp3) is 0.146. The van der Waals surface area contributed by atoms with Gasteiger partial charge in [-0.25, -0.2) is 4.79 Å². The van der Waals surface area contributed by atoms with Gasteiger partial charge in [0.1, 0.15) is 5.75 Å². The summed E-state index contributed by atoms with van der Waals surface area (Å²) < 4.78 is 0.466. The van der Waals surface area contributed by atoms with Crippen LogP contribution in [0.3, 0.4) is 0 Å². The number of nitrogens with zero attached hydrogens (tertiary/aromatic N) is 11. The minimum atomic E-state index is -0.951. The van der Waals surface area contributed by atoms with Crippen molar-refractivity contribution < 1.29 is 100 Å². The molecule has 0 bridgehead atoms. The quantitative estimate of drug-likeness (QED) is 0.0335. The number of phenols is 1. The molecule has 10 heterocycles. The number of pyridine rings is 10. The zero-order valence-corrected chi connectivity index (χ0v) is 73.5. The number of para-hydroxylation sites is 2. The number of aromatic hydroxyl groups is 1. The Morgan fingerprint density at radius 2 is 0.644 bits per heavy atom. The summed E-state index contributed by atoms with van der Waals surface area (Å²) in [6.45, 7) is 16.5. The first kappa shape index (κ1) is 96.8. The van der Waals surface area contributed by atoms with Crippen LogP contribution < -0.4 is 5.30 Å². The number of aromatic nitrogens is 10. The molecule has 0 fully saturated rings. The van der Waals surface area contributed by atoms with Crippen molar-refractivity contribution in [2.45, 2.75) is 79.6 Å². The van der Waals surface area contributed by atoms with Gasteiger partial charge in [0, 0.05) is 190 Å². The molecule has 22 heteroatoms. The van der Waals surface area contributed by atoms with Gasteiger partial charge in [0.15, 0.2) is 0 Å². The molecule has 0 spiro atoms. The standard InChI is InChI=1S/C20H20N3.C20H21N2P.C19H16N2O2.C19H16N2S2.C18H16N2O.5Cu/c1-14-8-6-11-17(22-14)15(2)18-12-7-13-20(23-18)16-9-4-5-10-19(16)21-3;1-14-8-6-10-17(21-14)15(2)18-11-7-12-19(22-18)16-9-4-5-13-20(16)23-3;2*1-13-6-4-7-14(20-13)12-15-8-5-11-18(21-15)16-9-2-3-10-17(16)19(22)23;1-13-6-4-7-14(19-13)12-15-8-5-10-17(20-15)16-9-2-3-11-18(16)21;;;;;/h4-13,15H,1-3H3;4-13,15,23H,1-3H3;2*2-11H,12H2,1H3,(H,22,23);2-11,21H,12H2,1H3;;;;;/q-1;;;;;;;;2*+1/p-1. The van der Waals surface area contributed by atoms with E-state index < -0.39 is 5.97 Å². The van der Waals surface area contributed by atoms with Crippen LogP contribution in [0.2, 0.25) is 0 Å². The third-order valence-electron chi connectivity index (χ3n) is 18.4. The number of carbonyl (C=O) groups is 1. The van der Waals surface area contributed by atoms with Crippen LogP contribution in [-0.2, 0) is 117 Å². The van der Waals surface area contributed by atoms with E-state index in [1.54, 1.807) is 30.3 Å². The first-order valence-corrected chi connectivity index (χ1v) is 39.5. The van der Waals surface area contributed by atoms with Crippen molar-refractivity contribution in [3.8, 4) is 62.0 Å². The number of benzene rings is 5. The normalized spacial score (nSPS) is 10.8. The van der Waals surface area contributed by atoms with E-state index in [1.807, 2.05) is 236 Å². The summed E-state index contributed by atoms with van der Waals surface area (Å²) in [5, 5.41) is 25.0. The van der Waals surface area contributed by atoms with Gasteiger partial charge in [0.05, 0.1) is 34.0 Å². The Kier molecular flexibility index (Phi) is 40.0. The molecule has 2 N–H and O–H groups in total. The Balaban J connectivity index is 0.000000227. The van der Waals surface area contributed by atoms with Gasteiger partial charge in [0.2, 0.25) is 0 Å². The molecule has 15 aromatic rings. The Morgan fingerprint density at radius 3 is 1.03 bits per heavy atom. The number of aromatic carboxylic acids is 1. The number of hydrogen-bond acceptors (Lipinski definition) is 14. The molecule has 0 saturated heterocycles. The second-order valence-electron chi connectivity index (χ2n) is 26.9. The van der Waals surface area contributed by atoms with E-state index in [9.17, 15) is 15.0 Å². The van der Waals surface area contributed by atoms with Crippen LogP contribution in [0.4, 0.5) is 5.69 Å². The van der Waals surface area contributed by atoms with Gasteiger partial charge >= 0.3 is 40.1 Å². The van der Waals surface area contributed by atoms with Crippen molar-refractivity contribution >= 4 is 54.6 Å².